The van der Waals surface area contributed by atoms with Crippen LogP contribution in [-0.4, -0.2) is 70.7 Å². The van der Waals surface area contributed by atoms with Crippen molar-refractivity contribution < 1.29 is 9.90 Å². The summed E-state index contributed by atoms with van der Waals surface area (Å²) < 4.78 is 0. The number of aliphatic hydroxyl groups is 1. The van der Waals surface area contributed by atoms with Gasteiger partial charge in [-0.15, -0.1) is 0 Å². The molecule has 1 aromatic rings. The quantitative estimate of drug-likeness (QED) is 0.777. The zero-order valence-corrected chi connectivity index (χ0v) is 17.6. The average Bonchev–Trinajstić information content (AvgIpc) is 2.94. The predicted octanol–water partition coefficient (Wildman–Crippen LogP) is 2.93. The van der Waals surface area contributed by atoms with E-state index >= 15 is 0 Å². The summed E-state index contributed by atoms with van der Waals surface area (Å²) in [6.45, 7) is 1.11. The second-order valence-corrected chi connectivity index (χ2v) is 9.48. The number of carbonyl (C=O) groups is 1. The van der Waals surface area contributed by atoms with E-state index in [1.807, 2.05) is 11.0 Å². The summed E-state index contributed by atoms with van der Waals surface area (Å²) in [4.78, 5) is 19.1. The van der Waals surface area contributed by atoms with Crippen LogP contribution in [0.1, 0.15) is 50.5 Å². The minimum absolute atomic E-state index is 0.0444. The molecule has 6 nitrogen and oxygen atoms in total. The number of hydrogen-bond donors (Lipinski definition) is 1. The van der Waals surface area contributed by atoms with Gasteiger partial charge < -0.3 is 14.9 Å². The van der Waals surface area contributed by atoms with E-state index in [0.717, 1.165) is 44.9 Å². The predicted molar refractivity (Wildman–Crippen MR) is 111 cm³/mol. The van der Waals surface area contributed by atoms with Gasteiger partial charge in [0.05, 0.1) is 23.8 Å². The lowest BCUT2D eigenvalue weighted by Gasteiger charge is -2.52. The fourth-order valence-corrected chi connectivity index (χ4v) is 5.66. The number of benzene rings is 1. The molecule has 1 heterocycles. The minimum Gasteiger partial charge on any atom is -0.388 e. The van der Waals surface area contributed by atoms with Gasteiger partial charge in [0.15, 0.2) is 0 Å². The molecule has 1 N–H and O–H groups in total. The first-order chi connectivity index (χ1) is 13.8. The molecule has 1 aromatic carbocycles. The second kappa shape index (κ2) is 7.30. The maximum absolute atomic E-state index is 13.1. The van der Waals surface area contributed by atoms with Crippen LogP contribution in [0.4, 0.5) is 4.79 Å². The number of nitriles is 1. The summed E-state index contributed by atoms with van der Waals surface area (Å²) in [6, 6.07) is 12.7. The number of urea groups is 1. The van der Waals surface area contributed by atoms with Gasteiger partial charge in [-0.05, 0) is 64.6 Å². The van der Waals surface area contributed by atoms with Crippen molar-refractivity contribution in [3.8, 4) is 6.07 Å². The molecule has 0 unspecified atom stereocenters. The molecule has 0 bridgehead atoms. The number of carbonyl (C=O) groups excluding carboxylic acids is 1. The van der Waals surface area contributed by atoms with Gasteiger partial charge in [0.1, 0.15) is 6.54 Å². The Labute approximate surface area is 173 Å². The molecule has 0 atom stereocenters. The highest BCUT2D eigenvalue weighted by atomic mass is 16.3. The molecule has 2 amide bonds. The highest BCUT2D eigenvalue weighted by molar-refractivity contribution is 5.78. The van der Waals surface area contributed by atoms with Crippen molar-refractivity contribution in [1.82, 2.24) is 14.7 Å². The fourth-order valence-electron chi connectivity index (χ4n) is 5.66. The van der Waals surface area contributed by atoms with Gasteiger partial charge >= 0.3 is 6.03 Å². The van der Waals surface area contributed by atoms with E-state index in [0.29, 0.717) is 13.1 Å². The van der Waals surface area contributed by atoms with Crippen LogP contribution in [0.25, 0.3) is 0 Å². The monoisotopic (exact) mass is 396 g/mol. The summed E-state index contributed by atoms with van der Waals surface area (Å²) in [5.41, 5.74) is 0.244. The summed E-state index contributed by atoms with van der Waals surface area (Å²) in [5.74, 6) is 0. The lowest BCUT2D eigenvalue weighted by molar-refractivity contribution is -0.0725. The summed E-state index contributed by atoms with van der Waals surface area (Å²) >= 11 is 0. The smallest absolute Gasteiger partial charge is 0.321 e. The van der Waals surface area contributed by atoms with E-state index in [-0.39, 0.29) is 23.7 Å². The third-order valence-corrected chi connectivity index (χ3v) is 7.73. The van der Waals surface area contributed by atoms with Crippen LogP contribution in [-0.2, 0) is 5.54 Å². The van der Waals surface area contributed by atoms with Gasteiger partial charge in [0, 0.05) is 12.1 Å². The molecule has 1 saturated heterocycles. The maximum Gasteiger partial charge on any atom is 0.321 e. The minimum atomic E-state index is -0.749. The van der Waals surface area contributed by atoms with E-state index < -0.39 is 5.60 Å². The van der Waals surface area contributed by atoms with Gasteiger partial charge in [0.25, 0.3) is 0 Å². The topological polar surface area (TPSA) is 70.8 Å². The highest BCUT2D eigenvalue weighted by Gasteiger charge is 2.56. The molecule has 2 aliphatic carbocycles. The van der Waals surface area contributed by atoms with E-state index in [1.54, 1.807) is 4.90 Å². The van der Waals surface area contributed by atoms with E-state index in [9.17, 15) is 15.2 Å². The first kappa shape index (κ1) is 20.2. The molecule has 0 radical (unpaired) electrons. The Kier molecular flexibility index (Phi) is 5.08. The molecule has 29 heavy (non-hydrogen) atoms. The van der Waals surface area contributed by atoms with Crippen molar-refractivity contribution >= 4 is 6.03 Å². The van der Waals surface area contributed by atoms with Gasteiger partial charge in [-0.1, -0.05) is 30.3 Å². The lowest BCUT2D eigenvalue weighted by Crippen LogP contribution is -2.59. The molecule has 1 aliphatic heterocycles. The number of rotatable bonds is 5. The Morgan fingerprint density at radius 1 is 1.10 bits per heavy atom. The molecule has 2 saturated carbocycles. The summed E-state index contributed by atoms with van der Waals surface area (Å²) in [5, 5.41) is 20.0. The van der Waals surface area contributed by atoms with Crippen LogP contribution in [0.3, 0.4) is 0 Å². The number of β-amino-alcohol motifs (C(OH)–C–C–N with tert-alkyl or cyclic N) is 1. The van der Waals surface area contributed by atoms with Crippen LogP contribution in [0.15, 0.2) is 30.3 Å². The van der Waals surface area contributed by atoms with E-state index in [2.05, 4.69) is 49.3 Å². The standard InChI is InChI=1S/C23H32N4O2/c1-25(2)23(19-7-4-3-5-8-19)13-11-21(12-14-23)17-26(16-15-24)20(28)27(21)18-22(29)9-6-10-22/h3-5,7-8,29H,6,9-14,16-18H2,1-2H3/t21-,23-. The van der Waals surface area contributed by atoms with E-state index in [4.69, 9.17) is 0 Å². The Morgan fingerprint density at radius 2 is 1.76 bits per heavy atom. The number of amides is 2. The molecule has 3 aliphatic rings. The second-order valence-electron chi connectivity index (χ2n) is 9.48. The van der Waals surface area contributed by atoms with Gasteiger partial charge in [0.2, 0.25) is 0 Å². The molecule has 3 fully saturated rings. The van der Waals surface area contributed by atoms with Crippen molar-refractivity contribution in [3.05, 3.63) is 35.9 Å². The van der Waals surface area contributed by atoms with Gasteiger partial charge in [-0.25, -0.2) is 4.79 Å². The first-order valence-electron chi connectivity index (χ1n) is 10.7. The van der Waals surface area contributed by atoms with E-state index in [1.165, 1.54) is 5.56 Å². The third-order valence-electron chi connectivity index (χ3n) is 7.73. The van der Waals surface area contributed by atoms with Crippen LogP contribution in [0.5, 0.6) is 0 Å². The molecule has 0 aromatic heterocycles. The number of nitrogens with zero attached hydrogens (tertiary/aromatic N) is 4. The molecule has 6 heteroatoms. The van der Waals surface area contributed by atoms with Gasteiger partial charge in [-0.2, -0.15) is 5.26 Å². The normalized spacial score (nSPS) is 31.2. The molecular weight excluding hydrogens is 364 g/mol. The first-order valence-corrected chi connectivity index (χ1v) is 10.7. The third kappa shape index (κ3) is 3.31. The molecule has 1 spiro atoms. The zero-order valence-electron chi connectivity index (χ0n) is 17.6. The molecule has 4 rings (SSSR count). The van der Waals surface area contributed by atoms with Crippen LogP contribution in [0.2, 0.25) is 0 Å². The van der Waals surface area contributed by atoms with Crippen LogP contribution in [0, 0.1) is 11.3 Å². The van der Waals surface area contributed by atoms with Crippen molar-refractivity contribution in [2.45, 2.75) is 61.6 Å². The molecular formula is C23H32N4O2. The van der Waals surface area contributed by atoms with Crippen molar-refractivity contribution in [2.75, 3.05) is 33.7 Å². The lowest BCUT2D eigenvalue weighted by atomic mass is 9.67. The Bertz CT molecular complexity index is 789. The SMILES string of the molecule is CN(C)[C@]1(c2ccccc2)CC[C@@]2(CC1)CN(CC#N)C(=O)N2CC1(O)CCC1. The largest absolute Gasteiger partial charge is 0.388 e. The maximum atomic E-state index is 13.1. The fraction of sp³-hybridized carbons (Fsp3) is 0.652. The van der Waals surface area contributed by atoms with Crippen molar-refractivity contribution in [2.24, 2.45) is 0 Å². The Hall–Kier alpha value is -2.10. The molecule has 156 valence electrons. The summed E-state index contributed by atoms with van der Waals surface area (Å²) in [7, 11) is 4.28. The average molecular weight is 397 g/mol. The van der Waals surface area contributed by atoms with Crippen LogP contribution >= 0.6 is 0 Å². The Morgan fingerprint density at radius 3 is 2.28 bits per heavy atom. The highest BCUT2D eigenvalue weighted by Crippen LogP contribution is 2.49. The number of hydrogen-bond acceptors (Lipinski definition) is 4. The zero-order chi connectivity index (χ0) is 20.7. The van der Waals surface area contributed by atoms with Crippen LogP contribution < -0.4 is 0 Å². The van der Waals surface area contributed by atoms with Gasteiger partial charge in [-0.3, -0.25) is 4.90 Å². The van der Waals surface area contributed by atoms with Crippen molar-refractivity contribution in [3.63, 3.8) is 0 Å². The Balaban J connectivity index is 1.61. The summed E-state index contributed by atoms with van der Waals surface area (Å²) in [6.07, 6.45) is 6.20. The van der Waals surface area contributed by atoms with Crippen molar-refractivity contribution in [1.29, 1.82) is 5.26 Å².